The van der Waals surface area contributed by atoms with E-state index in [9.17, 15) is 9.59 Å². The highest BCUT2D eigenvalue weighted by Gasteiger charge is 2.67. The smallest absolute Gasteiger partial charge is 0.202 e. The average molecular weight is 308 g/mol. The second-order valence-electron chi connectivity index (χ2n) is 6.91. The Bertz CT molecular complexity index is 728. The minimum absolute atomic E-state index is 0.0503. The number of carbonyl (C=O) groups excluding carboxylic acids is 2. The van der Waals surface area contributed by atoms with E-state index in [1.807, 2.05) is 69.3 Å². The summed E-state index contributed by atoms with van der Waals surface area (Å²) in [4.78, 5) is 25.8. The van der Waals surface area contributed by atoms with Crippen LogP contribution in [0.1, 0.15) is 36.7 Å². The Kier molecular flexibility index (Phi) is 3.69. The standard InChI is InChI=1S/C20H20O3/c1-19(2,3)17(22)18-20(23-18,15-12-8-5-9-13-15)16(21)14-10-6-4-7-11-14/h4-13,18H,1-3H3. The number of rotatable bonds is 4. The highest BCUT2D eigenvalue weighted by molar-refractivity contribution is 6.10. The fraction of sp³-hybridized carbons (Fsp3) is 0.300. The first kappa shape index (κ1) is 15.6. The van der Waals surface area contributed by atoms with Crippen LogP contribution < -0.4 is 0 Å². The molecule has 1 aliphatic heterocycles. The summed E-state index contributed by atoms with van der Waals surface area (Å²) in [5.41, 5.74) is -0.456. The molecule has 23 heavy (non-hydrogen) atoms. The van der Waals surface area contributed by atoms with Crippen LogP contribution in [0.5, 0.6) is 0 Å². The lowest BCUT2D eigenvalue weighted by atomic mass is 9.80. The third-order valence-corrected chi connectivity index (χ3v) is 4.17. The lowest BCUT2D eigenvalue weighted by Gasteiger charge is -2.17. The molecule has 0 aliphatic carbocycles. The van der Waals surface area contributed by atoms with Crippen molar-refractivity contribution in [2.24, 2.45) is 5.41 Å². The third-order valence-electron chi connectivity index (χ3n) is 4.17. The number of hydrogen-bond acceptors (Lipinski definition) is 3. The van der Waals surface area contributed by atoms with E-state index in [-0.39, 0.29) is 11.6 Å². The average Bonchev–Trinajstić information content (AvgIpc) is 3.31. The van der Waals surface area contributed by atoms with Crippen molar-refractivity contribution in [1.29, 1.82) is 0 Å². The van der Waals surface area contributed by atoms with E-state index in [4.69, 9.17) is 4.74 Å². The summed E-state index contributed by atoms with van der Waals surface area (Å²) in [5, 5.41) is 0. The predicted octanol–water partition coefficient (Wildman–Crippen LogP) is 3.78. The Labute approximate surface area is 136 Å². The molecular weight excluding hydrogens is 288 g/mol. The van der Waals surface area contributed by atoms with Gasteiger partial charge in [0.2, 0.25) is 5.78 Å². The van der Waals surface area contributed by atoms with Crippen molar-refractivity contribution in [3.05, 3.63) is 71.8 Å². The van der Waals surface area contributed by atoms with Crippen molar-refractivity contribution in [3.8, 4) is 0 Å². The first-order valence-corrected chi connectivity index (χ1v) is 7.75. The van der Waals surface area contributed by atoms with Crippen LogP contribution >= 0.6 is 0 Å². The molecule has 2 aromatic rings. The molecule has 0 spiro atoms. The summed E-state index contributed by atoms with van der Waals surface area (Å²) in [6.45, 7) is 5.54. The van der Waals surface area contributed by atoms with Gasteiger partial charge in [0.1, 0.15) is 0 Å². The molecule has 2 atom stereocenters. The monoisotopic (exact) mass is 308 g/mol. The zero-order valence-electron chi connectivity index (χ0n) is 13.6. The van der Waals surface area contributed by atoms with Gasteiger partial charge in [-0.15, -0.1) is 0 Å². The van der Waals surface area contributed by atoms with Crippen molar-refractivity contribution in [3.63, 3.8) is 0 Å². The van der Waals surface area contributed by atoms with E-state index in [1.165, 1.54) is 0 Å². The van der Waals surface area contributed by atoms with Gasteiger partial charge in [-0.1, -0.05) is 81.4 Å². The van der Waals surface area contributed by atoms with Gasteiger partial charge >= 0.3 is 0 Å². The third kappa shape index (κ3) is 2.62. The molecule has 1 aliphatic rings. The molecular formula is C20H20O3. The highest BCUT2D eigenvalue weighted by Crippen LogP contribution is 2.51. The normalized spacial score (nSPS) is 23.3. The molecule has 3 heteroatoms. The van der Waals surface area contributed by atoms with Crippen LogP contribution in [0.15, 0.2) is 60.7 Å². The predicted molar refractivity (Wildman–Crippen MR) is 88.2 cm³/mol. The number of hydrogen-bond donors (Lipinski definition) is 0. The highest BCUT2D eigenvalue weighted by atomic mass is 16.6. The van der Waals surface area contributed by atoms with Gasteiger partial charge < -0.3 is 4.74 Å². The van der Waals surface area contributed by atoms with Gasteiger partial charge in [0.25, 0.3) is 0 Å². The molecule has 0 aromatic heterocycles. The maximum absolute atomic E-state index is 13.1. The molecule has 2 aromatic carbocycles. The number of benzene rings is 2. The second-order valence-corrected chi connectivity index (χ2v) is 6.91. The zero-order chi connectivity index (χ0) is 16.7. The lowest BCUT2D eigenvalue weighted by molar-refractivity contribution is -0.127. The van der Waals surface area contributed by atoms with Crippen molar-refractivity contribution in [2.75, 3.05) is 0 Å². The Morgan fingerprint density at radius 3 is 1.96 bits per heavy atom. The van der Waals surface area contributed by atoms with Crippen molar-refractivity contribution in [1.82, 2.24) is 0 Å². The van der Waals surface area contributed by atoms with E-state index >= 15 is 0 Å². The molecule has 1 heterocycles. The first-order chi connectivity index (χ1) is 10.9. The molecule has 3 nitrogen and oxygen atoms in total. The number of ether oxygens (including phenoxy) is 1. The maximum atomic E-state index is 13.1. The molecule has 3 rings (SSSR count). The summed E-state index contributed by atoms with van der Waals surface area (Å²) in [6.07, 6.45) is -0.724. The summed E-state index contributed by atoms with van der Waals surface area (Å²) in [6, 6.07) is 18.3. The second kappa shape index (κ2) is 5.43. The number of ketones is 2. The quantitative estimate of drug-likeness (QED) is 0.638. The summed E-state index contributed by atoms with van der Waals surface area (Å²) in [5.74, 6) is -0.211. The van der Waals surface area contributed by atoms with Gasteiger partial charge in [0, 0.05) is 11.0 Å². The number of carbonyl (C=O) groups is 2. The van der Waals surface area contributed by atoms with Gasteiger partial charge in [-0.05, 0) is 5.56 Å². The van der Waals surface area contributed by atoms with Gasteiger partial charge in [-0.2, -0.15) is 0 Å². The number of epoxide rings is 1. The fourth-order valence-electron chi connectivity index (χ4n) is 2.80. The Balaban J connectivity index is 2.04. The molecule has 1 fully saturated rings. The molecule has 118 valence electrons. The van der Waals surface area contributed by atoms with Crippen LogP contribution in [-0.4, -0.2) is 17.7 Å². The van der Waals surface area contributed by atoms with Crippen LogP contribution in [-0.2, 0) is 15.1 Å². The first-order valence-electron chi connectivity index (χ1n) is 7.75. The minimum Gasteiger partial charge on any atom is -0.344 e. The van der Waals surface area contributed by atoms with Crippen molar-refractivity contribution >= 4 is 11.6 Å². The van der Waals surface area contributed by atoms with E-state index in [1.54, 1.807) is 12.1 Å². The largest absolute Gasteiger partial charge is 0.344 e. The maximum Gasteiger partial charge on any atom is 0.202 e. The van der Waals surface area contributed by atoms with Gasteiger partial charge in [0.15, 0.2) is 17.5 Å². The molecule has 0 N–H and O–H groups in total. The van der Waals surface area contributed by atoms with Crippen LogP contribution in [0, 0.1) is 5.41 Å². The molecule has 0 amide bonds. The molecule has 0 radical (unpaired) electrons. The van der Waals surface area contributed by atoms with E-state index < -0.39 is 17.1 Å². The van der Waals surface area contributed by atoms with Crippen molar-refractivity contribution in [2.45, 2.75) is 32.5 Å². The van der Waals surface area contributed by atoms with Gasteiger partial charge in [0.05, 0.1) is 0 Å². The van der Waals surface area contributed by atoms with Crippen LogP contribution in [0.3, 0.4) is 0 Å². The van der Waals surface area contributed by atoms with E-state index in [0.29, 0.717) is 5.56 Å². The molecule has 1 saturated heterocycles. The molecule has 0 bridgehead atoms. The van der Waals surface area contributed by atoms with E-state index in [2.05, 4.69) is 0 Å². The summed E-state index contributed by atoms with van der Waals surface area (Å²) in [7, 11) is 0. The zero-order valence-corrected chi connectivity index (χ0v) is 13.6. The van der Waals surface area contributed by atoms with Crippen LogP contribution in [0.4, 0.5) is 0 Å². The Morgan fingerprint density at radius 1 is 0.913 bits per heavy atom. The molecule has 2 unspecified atom stereocenters. The molecule has 0 saturated carbocycles. The topological polar surface area (TPSA) is 46.7 Å². The lowest BCUT2D eigenvalue weighted by Crippen LogP contribution is -2.33. The summed E-state index contributed by atoms with van der Waals surface area (Å²) < 4.78 is 5.80. The van der Waals surface area contributed by atoms with Crippen LogP contribution in [0.25, 0.3) is 0 Å². The number of Topliss-reactive ketones (excluding diaryl/α,β-unsaturated/α-hetero) is 2. The van der Waals surface area contributed by atoms with Crippen LogP contribution in [0.2, 0.25) is 0 Å². The summed E-state index contributed by atoms with van der Waals surface area (Å²) >= 11 is 0. The van der Waals surface area contributed by atoms with Gasteiger partial charge in [-0.25, -0.2) is 0 Å². The van der Waals surface area contributed by atoms with Gasteiger partial charge in [-0.3, -0.25) is 9.59 Å². The SMILES string of the molecule is CC(C)(C)C(=O)C1OC1(C(=O)c1ccccc1)c1ccccc1. The Hall–Kier alpha value is -2.26. The fourth-order valence-corrected chi connectivity index (χ4v) is 2.80. The van der Waals surface area contributed by atoms with Crippen molar-refractivity contribution < 1.29 is 14.3 Å². The minimum atomic E-state index is -1.19. The van der Waals surface area contributed by atoms with E-state index in [0.717, 1.165) is 5.56 Å². The Morgan fingerprint density at radius 2 is 1.43 bits per heavy atom.